The predicted molar refractivity (Wildman–Crippen MR) is 79.8 cm³/mol. The van der Waals surface area contributed by atoms with Crippen LogP contribution < -0.4 is 10.6 Å². The highest BCUT2D eigenvalue weighted by molar-refractivity contribution is 5.75. The first kappa shape index (κ1) is 14.9. The van der Waals surface area contributed by atoms with Crippen molar-refractivity contribution < 1.29 is 18.3 Å². The van der Waals surface area contributed by atoms with E-state index >= 15 is 0 Å². The van der Waals surface area contributed by atoms with E-state index in [0.29, 0.717) is 0 Å². The van der Waals surface area contributed by atoms with E-state index in [4.69, 9.17) is 4.74 Å². The van der Waals surface area contributed by atoms with Crippen LogP contribution in [-0.2, 0) is 4.74 Å². The first-order valence-electron chi connectivity index (χ1n) is 8.27. The second-order valence-electron chi connectivity index (χ2n) is 6.81. The zero-order chi connectivity index (χ0) is 16.0. The van der Waals surface area contributed by atoms with Crippen LogP contribution in [0, 0.1) is 17.6 Å². The molecule has 0 aromatic heterocycles. The summed E-state index contributed by atoms with van der Waals surface area (Å²) >= 11 is 0. The molecule has 3 aliphatic rings. The SMILES string of the molecule is O=C(N[C@H]1C[C@H]2CC[C@H]1O2)N[C@@H](c1cc(F)ccc1F)C1CC1. The van der Waals surface area contributed by atoms with E-state index in [1.54, 1.807) is 0 Å². The van der Waals surface area contributed by atoms with Crippen molar-refractivity contribution in [2.24, 2.45) is 5.92 Å². The lowest BCUT2D eigenvalue weighted by Crippen LogP contribution is -2.47. The summed E-state index contributed by atoms with van der Waals surface area (Å²) in [5.41, 5.74) is 0.229. The van der Waals surface area contributed by atoms with E-state index in [1.807, 2.05) is 0 Å². The van der Waals surface area contributed by atoms with Crippen molar-refractivity contribution in [1.29, 1.82) is 0 Å². The first-order chi connectivity index (χ1) is 11.1. The van der Waals surface area contributed by atoms with Crippen molar-refractivity contribution in [3.63, 3.8) is 0 Å². The summed E-state index contributed by atoms with van der Waals surface area (Å²) < 4.78 is 33.2. The van der Waals surface area contributed by atoms with Gasteiger partial charge >= 0.3 is 6.03 Å². The maximum atomic E-state index is 14.0. The maximum absolute atomic E-state index is 14.0. The molecule has 1 aromatic rings. The predicted octanol–water partition coefficient (Wildman–Crippen LogP) is 3.04. The largest absolute Gasteiger partial charge is 0.373 e. The van der Waals surface area contributed by atoms with Crippen LogP contribution in [0.1, 0.15) is 43.7 Å². The lowest BCUT2D eigenvalue weighted by molar-refractivity contribution is 0.0980. The number of carbonyl (C=O) groups is 1. The number of nitrogens with one attached hydrogen (secondary N) is 2. The van der Waals surface area contributed by atoms with E-state index in [1.165, 1.54) is 6.07 Å². The number of hydrogen-bond acceptors (Lipinski definition) is 2. The number of fused-ring (bicyclic) bond motifs is 2. The molecule has 2 aliphatic heterocycles. The number of ether oxygens (including phenoxy) is 1. The molecule has 3 fully saturated rings. The molecule has 1 aliphatic carbocycles. The standard InChI is InChI=1S/C17H20F2N2O2/c18-10-3-5-13(19)12(7-10)16(9-1-2-9)21-17(22)20-14-8-11-4-6-15(14)23-11/h3,5,7,9,11,14-16H,1-2,4,6,8H2,(H2,20,21,22)/t11-,14+,15-,16-/m1/s1. The van der Waals surface area contributed by atoms with Crippen LogP contribution in [0.4, 0.5) is 13.6 Å². The van der Waals surface area contributed by atoms with Gasteiger partial charge < -0.3 is 15.4 Å². The molecule has 4 rings (SSSR count). The molecule has 124 valence electrons. The molecule has 4 atom stereocenters. The van der Waals surface area contributed by atoms with Crippen LogP contribution in [0.15, 0.2) is 18.2 Å². The van der Waals surface area contributed by atoms with Gasteiger partial charge in [-0.15, -0.1) is 0 Å². The van der Waals surface area contributed by atoms with Crippen molar-refractivity contribution in [1.82, 2.24) is 10.6 Å². The number of amides is 2. The maximum Gasteiger partial charge on any atom is 0.315 e. The molecule has 1 saturated carbocycles. The minimum absolute atomic E-state index is 0.0194. The molecule has 0 spiro atoms. The average molecular weight is 322 g/mol. The second-order valence-corrected chi connectivity index (χ2v) is 6.81. The summed E-state index contributed by atoms with van der Waals surface area (Å²) in [4.78, 5) is 12.3. The Hall–Kier alpha value is -1.69. The van der Waals surface area contributed by atoms with Gasteiger partial charge in [0, 0.05) is 5.56 Å². The highest BCUT2D eigenvalue weighted by Crippen LogP contribution is 2.42. The fourth-order valence-corrected chi connectivity index (χ4v) is 3.77. The average Bonchev–Trinajstić information content (AvgIpc) is 3.16. The van der Waals surface area contributed by atoms with Crippen molar-refractivity contribution in [3.05, 3.63) is 35.4 Å². The molecule has 6 heteroatoms. The van der Waals surface area contributed by atoms with Crippen molar-refractivity contribution >= 4 is 6.03 Å². The molecule has 0 radical (unpaired) electrons. The minimum Gasteiger partial charge on any atom is -0.373 e. The summed E-state index contributed by atoms with van der Waals surface area (Å²) in [6.45, 7) is 0. The highest BCUT2D eigenvalue weighted by Gasteiger charge is 2.42. The fraction of sp³-hybridized carbons (Fsp3) is 0.588. The van der Waals surface area contributed by atoms with Gasteiger partial charge in [0.2, 0.25) is 0 Å². The zero-order valence-electron chi connectivity index (χ0n) is 12.7. The van der Waals surface area contributed by atoms with Crippen molar-refractivity contribution in [2.45, 2.75) is 56.4 Å². The molecule has 4 nitrogen and oxygen atoms in total. The van der Waals surface area contributed by atoms with Crippen molar-refractivity contribution in [2.75, 3.05) is 0 Å². The van der Waals surface area contributed by atoms with Crippen LogP contribution in [0.25, 0.3) is 0 Å². The van der Waals surface area contributed by atoms with Crippen LogP contribution in [-0.4, -0.2) is 24.3 Å². The Morgan fingerprint density at radius 1 is 1.22 bits per heavy atom. The summed E-state index contributed by atoms with van der Waals surface area (Å²) in [7, 11) is 0. The molecule has 23 heavy (non-hydrogen) atoms. The molecule has 2 amide bonds. The normalized spacial score (nSPS) is 30.3. The van der Waals surface area contributed by atoms with Crippen LogP contribution in [0.5, 0.6) is 0 Å². The monoisotopic (exact) mass is 322 g/mol. The van der Waals surface area contributed by atoms with E-state index in [2.05, 4.69) is 10.6 Å². The molecule has 2 bridgehead atoms. The van der Waals surface area contributed by atoms with E-state index < -0.39 is 17.7 Å². The van der Waals surface area contributed by atoms with Crippen LogP contribution >= 0.6 is 0 Å². The first-order valence-corrected chi connectivity index (χ1v) is 8.27. The number of rotatable bonds is 4. The van der Waals surface area contributed by atoms with Crippen LogP contribution in [0.3, 0.4) is 0 Å². The fourth-order valence-electron chi connectivity index (χ4n) is 3.77. The Balaban J connectivity index is 1.44. The Morgan fingerprint density at radius 2 is 2.04 bits per heavy atom. The van der Waals surface area contributed by atoms with Crippen LogP contribution in [0.2, 0.25) is 0 Å². The summed E-state index contributed by atoms with van der Waals surface area (Å²) in [6, 6.07) is 2.60. The third-order valence-corrected chi connectivity index (χ3v) is 5.10. The summed E-state index contributed by atoms with van der Waals surface area (Å²) in [6.07, 6.45) is 5.04. The minimum atomic E-state index is -0.490. The number of halogens is 2. The van der Waals surface area contributed by atoms with Gasteiger partial charge in [-0.2, -0.15) is 0 Å². The van der Waals surface area contributed by atoms with Gasteiger partial charge in [-0.1, -0.05) is 0 Å². The van der Waals surface area contributed by atoms with E-state index in [9.17, 15) is 13.6 Å². The molecular weight excluding hydrogens is 302 g/mol. The Labute approximate surface area is 133 Å². The molecular formula is C17H20F2N2O2. The third kappa shape index (κ3) is 3.04. The molecule has 0 unspecified atom stereocenters. The van der Waals surface area contributed by atoms with E-state index in [0.717, 1.165) is 44.2 Å². The third-order valence-electron chi connectivity index (χ3n) is 5.10. The van der Waals surface area contributed by atoms with E-state index in [-0.39, 0.29) is 35.8 Å². The summed E-state index contributed by atoms with van der Waals surface area (Å²) in [5.74, 6) is -0.795. The number of carbonyl (C=O) groups excluding carboxylic acids is 1. The highest BCUT2D eigenvalue weighted by atomic mass is 19.1. The molecule has 1 aromatic carbocycles. The van der Waals surface area contributed by atoms with Gasteiger partial charge in [0.1, 0.15) is 11.6 Å². The molecule has 2 saturated heterocycles. The Kier molecular flexibility index (Phi) is 3.71. The Morgan fingerprint density at radius 3 is 2.70 bits per heavy atom. The zero-order valence-corrected chi connectivity index (χ0v) is 12.7. The second kappa shape index (κ2) is 5.74. The topological polar surface area (TPSA) is 50.4 Å². The number of benzene rings is 1. The molecule has 2 heterocycles. The number of hydrogen-bond donors (Lipinski definition) is 2. The Bertz CT molecular complexity index is 621. The van der Waals surface area contributed by atoms with Gasteiger partial charge in [-0.3, -0.25) is 0 Å². The van der Waals surface area contributed by atoms with Gasteiger partial charge in [-0.25, -0.2) is 13.6 Å². The van der Waals surface area contributed by atoms with Gasteiger partial charge in [0.25, 0.3) is 0 Å². The lowest BCUT2D eigenvalue weighted by Gasteiger charge is -2.24. The molecule has 2 N–H and O–H groups in total. The van der Waals surface area contributed by atoms with Gasteiger partial charge in [0.15, 0.2) is 0 Å². The van der Waals surface area contributed by atoms with Crippen molar-refractivity contribution in [3.8, 4) is 0 Å². The summed E-state index contributed by atoms with van der Waals surface area (Å²) in [5, 5.41) is 5.77. The smallest absolute Gasteiger partial charge is 0.315 e. The van der Waals surface area contributed by atoms with Gasteiger partial charge in [0.05, 0.1) is 24.3 Å². The quantitative estimate of drug-likeness (QED) is 0.895. The number of urea groups is 1. The lowest BCUT2D eigenvalue weighted by atomic mass is 9.95. The van der Waals surface area contributed by atoms with Gasteiger partial charge in [-0.05, 0) is 56.2 Å².